The highest BCUT2D eigenvalue weighted by Crippen LogP contribution is 2.37. The third kappa shape index (κ3) is 6.98. The first-order valence-electron chi connectivity index (χ1n) is 13.8. The number of ether oxygens (including phenoxy) is 1. The minimum atomic E-state index is -2.53. The fourth-order valence-corrected chi connectivity index (χ4v) is 6.51. The molecule has 40 heavy (non-hydrogen) atoms. The number of methoxy groups -OCH3 is 1. The minimum absolute atomic E-state index is 0.0530. The number of rotatable bonds is 8. The Morgan fingerprint density at radius 2 is 1.88 bits per heavy atom. The average molecular weight is 588 g/mol. The lowest BCUT2D eigenvalue weighted by molar-refractivity contribution is -0.0635. The van der Waals surface area contributed by atoms with Crippen LogP contribution in [-0.4, -0.2) is 52.3 Å². The lowest BCUT2D eigenvalue weighted by Gasteiger charge is -2.37. The van der Waals surface area contributed by atoms with E-state index in [2.05, 4.69) is 57.5 Å². The van der Waals surface area contributed by atoms with Crippen LogP contribution >= 0.6 is 23.4 Å². The predicted octanol–water partition coefficient (Wildman–Crippen LogP) is 8.10. The first-order chi connectivity index (χ1) is 19.2. The molecule has 6 nitrogen and oxygen atoms in total. The van der Waals surface area contributed by atoms with Gasteiger partial charge in [-0.1, -0.05) is 37.6 Å². The maximum absolute atomic E-state index is 13.7. The van der Waals surface area contributed by atoms with Crippen LogP contribution in [0.5, 0.6) is 5.75 Å². The largest absolute Gasteiger partial charge is 0.495 e. The van der Waals surface area contributed by atoms with Crippen molar-refractivity contribution in [1.82, 2.24) is 14.9 Å². The van der Waals surface area contributed by atoms with Crippen molar-refractivity contribution in [2.45, 2.75) is 74.5 Å². The number of anilines is 4. The highest BCUT2D eigenvalue weighted by atomic mass is 35.5. The van der Waals surface area contributed by atoms with Gasteiger partial charge < -0.3 is 15.4 Å². The number of benzene rings is 2. The van der Waals surface area contributed by atoms with Gasteiger partial charge in [0.05, 0.1) is 24.7 Å². The van der Waals surface area contributed by atoms with Gasteiger partial charge in [0.15, 0.2) is 5.82 Å². The van der Waals surface area contributed by atoms with E-state index in [9.17, 15) is 8.78 Å². The molecule has 1 aliphatic carbocycles. The molecule has 2 aliphatic rings. The molecule has 10 heteroatoms. The summed E-state index contributed by atoms with van der Waals surface area (Å²) in [4.78, 5) is 12.5. The van der Waals surface area contributed by atoms with Crippen molar-refractivity contribution in [2.24, 2.45) is 0 Å². The van der Waals surface area contributed by atoms with Crippen molar-refractivity contribution < 1.29 is 13.5 Å². The molecule has 1 aromatic heterocycles. The number of thioether (sulfide) groups is 1. The number of nitrogens with zero attached hydrogens (tertiary/aromatic N) is 3. The van der Waals surface area contributed by atoms with E-state index in [-0.39, 0.29) is 18.9 Å². The number of para-hydroxylation sites is 1. The number of fused-ring (bicyclic) bond motifs is 1. The second-order valence-corrected chi connectivity index (χ2v) is 12.8. The van der Waals surface area contributed by atoms with Gasteiger partial charge in [0.1, 0.15) is 10.8 Å². The summed E-state index contributed by atoms with van der Waals surface area (Å²) >= 11 is 8.25. The molecular weight excluding hydrogens is 552 g/mol. The summed E-state index contributed by atoms with van der Waals surface area (Å²) in [6.45, 7) is 5.22. The van der Waals surface area contributed by atoms with Gasteiger partial charge in [-0.3, -0.25) is 4.90 Å². The normalized spacial score (nSPS) is 19.1. The van der Waals surface area contributed by atoms with Crippen LogP contribution in [0.3, 0.4) is 0 Å². The van der Waals surface area contributed by atoms with Crippen molar-refractivity contribution in [3.05, 3.63) is 58.7 Å². The van der Waals surface area contributed by atoms with E-state index in [0.717, 1.165) is 42.0 Å². The Kier molecular flexibility index (Phi) is 9.02. The Labute approximate surface area is 244 Å². The lowest BCUT2D eigenvalue weighted by Crippen LogP contribution is -2.45. The molecule has 0 radical (unpaired) electrons. The van der Waals surface area contributed by atoms with Gasteiger partial charge in [0.2, 0.25) is 5.95 Å². The third-order valence-electron chi connectivity index (χ3n) is 7.50. The number of hydrogen-bond donors (Lipinski definition) is 2. The molecule has 0 amide bonds. The predicted molar refractivity (Wildman–Crippen MR) is 160 cm³/mol. The van der Waals surface area contributed by atoms with Gasteiger partial charge >= 0.3 is 0 Å². The smallest absolute Gasteiger partial charge is 0.250 e. The van der Waals surface area contributed by atoms with Crippen LogP contribution in [0.2, 0.25) is 5.02 Å². The quantitative estimate of drug-likeness (QED) is 0.204. The van der Waals surface area contributed by atoms with Crippen LogP contribution in [-0.2, 0) is 12.8 Å². The second kappa shape index (κ2) is 12.5. The van der Waals surface area contributed by atoms with Crippen LogP contribution in [0.15, 0.2) is 47.5 Å². The molecule has 2 N–H and O–H groups in total. The Hall–Kier alpha value is -2.62. The summed E-state index contributed by atoms with van der Waals surface area (Å²) in [6, 6.07) is 12.5. The molecule has 1 atom stereocenters. The number of piperidine rings is 1. The molecule has 2 aromatic carbocycles. The number of alkyl halides is 2. The Morgan fingerprint density at radius 1 is 1.10 bits per heavy atom. The summed E-state index contributed by atoms with van der Waals surface area (Å²) < 4.78 is 33.2. The number of aryl methyl sites for hydroxylation is 1. The van der Waals surface area contributed by atoms with Gasteiger partial charge in [-0.25, -0.2) is 13.8 Å². The van der Waals surface area contributed by atoms with E-state index >= 15 is 0 Å². The van der Waals surface area contributed by atoms with E-state index in [1.54, 1.807) is 25.1 Å². The first kappa shape index (κ1) is 28.9. The first-order valence-corrected chi connectivity index (χ1v) is 15.1. The summed E-state index contributed by atoms with van der Waals surface area (Å²) in [7, 11) is 1.65. The van der Waals surface area contributed by atoms with Crippen LogP contribution in [0.4, 0.5) is 31.9 Å². The monoisotopic (exact) mass is 587 g/mol. The fraction of sp³-hybridized carbons (Fsp3) is 0.467. The minimum Gasteiger partial charge on any atom is -0.495 e. The molecule has 0 spiro atoms. The molecule has 214 valence electrons. The van der Waals surface area contributed by atoms with Crippen molar-refractivity contribution in [2.75, 3.05) is 30.8 Å². The summed E-state index contributed by atoms with van der Waals surface area (Å²) in [5.41, 5.74) is 4.16. The number of aromatic nitrogens is 2. The fourth-order valence-electron chi connectivity index (χ4n) is 5.46. The van der Waals surface area contributed by atoms with Crippen molar-refractivity contribution >= 4 is 46.5 Å². The van der Waals surface area contributed by atoms with E-state index in [1.807, 2.05) is 18.2 Å². The molecule has 3 aromatic rings. The van der Waals surface area contributed by atoms with E-state index < -0.39 is 5.92 Å². The van der Waals surface area contributed by atoms with Gasteiger partial charge in [-0.15, -0.1) is 11.8 Å². The molecule has 5 rings (SSSR count). The maximum Gasteiger partial charge on any atom is 0.250 e. The standard InChI is InChI=1S/C30H36ClF2N5OS/c1-19(2)40-27-10-5-4-9-24(27)35-28-23(31)18-34-29(37-28)36-25-16-20-7-6-8-22(15-21(20)17-26(25)39-3)38-13-11-30(32,33)12-14-38/h4-5,9-10,16-19,22H,6-8,11-15H2,1-3H3,(H2,34,35,36,37). The van der Waals surface area contributed by atoms with Crippen LogP contribution in [0.25, 0.3) is 0 Å². The van der Waals surface area contributed by atoms with Gasteiger partial charge in [-0.2, -0.15) is 4.98 Å². The molecule has 0 saturated carbocycles. The topological polar surface area (TPSA) is 62.3 Å². The molecule has 1 aliphatic heterocycles. The maximum atomic E-state index is 13.7. The second-order valence-electron chi connectivity index (χ2n) is 10.8. The number of halogens is 3. The molecule has 1 saturated heterocycles. The zero-order valence-electron chi connectivity index (χ0n) is 23.1. The summed E-state index contributed by atoms with van der Waals surface area (Å²) in [6.07, 6.45) is 5.24. The highest BCUT2D eigenvalue weighted by Gasteiger charge is 2.36. The number of hydrogen-bond acceptors (Lipinski definition) is 7. The van der Waals surface area contributed by atoms with E-state index in [4.69, 9.17) is 16.3 Å². The molecule has 0 bridgehead atoms. The Balaban J connectivity index is 1.35. The Morgan fingerprint density at radius 3 is 2.62 bits per heavy atom. The average Bonchev–Trinajstić information content (AvgIpc) is 3.13. The SMILES string of the molecule is COc1cc2c(cc1Nc1ncc(Cl)c(Nc3ccccc3SC(C)C)n1)CCCC(N1CCC(F)(F)CC1)C2. The number of likely N-dealkylation sites (tertiary alicyclic amines) is 1. The van der Waals surface area contributed by atoms with Crippen LogP contribution in [0.1, 0.15) is 50.7 Å². The highest BCUT2D eigenvalue weighted by molar-refractivity contribution is 8.00. The zero-order valence-corrected chi connectivity index (χ0v) is 24.7. The van der Waals surface area contributed by atoms with E-state index in [1.165, 1.54) is 11.1 Å². The molecule has 2 heterocycles. The molecule has 1 fully saturated rings. The summed E-state index contributed by atoms with van der Waals surface area (Å²) in [5.74, 6) is -0.922. The zero-order chi connectivity index (χ0) is 28.3. The van der Waals surface area contributed by atoms with E-state index in [0.29, 0.717) is 40.9 Å². The summed E-state index contributed by atoms with van der Waals surface area (Å²) in [5, 5.41) is 7.56. The van der Waals surface area contributed by atoms with Crippen molar-refractivity contribution in [1.29, 1.82) is 0 Å². The van der Waals surface area contributed by atoms with Crippen LogP contribution < -0.4 is 15.4 Å². The van der Waals surface area contributed by atoms with Crippen molar-refractivity contribution in [3.63, 3.8) is 0 Å². The van der Waals surface area contributed by atoms with Gasteiger partial charge in [0.25, 0.3) is 5.92 Å². The van der Waals surface area contributed by atoms with Crippen LogP contribution in [0, 0.1) is 0 Å². The molecule has 1 unspecified atom stereocenters. The number of nitrogens with one attached hydrogen (secondary N) is 2. The van der Waals surface area contributed by atoms with Gasteiger partial charge in [-0.05, 0) is 61.1 Å². The molecular formula is C30H36ClF2N5OS. The van der Waals surface area contributed by atoms with Gasteiger partial charge in [0, 0.05) is 42.1 Å². The lowest BCUT2D eigenvalue weighted by atomic mass is 9.97. The third-order valence-corrected chi connectivity index (χ3v) is 8.86. The van der Waals surface area contributed by atoms with Crippen molar-refractivity contribution in [3.8, 4) is 5.75 Å². The Bertz CT molecular complexity index is 1330.